The molecule has 1 N–H and O–H groups in total. The molecule has 22 heavy (non-hydrogen) atoms. The minimum Gasteiger partial charge on any atom is -0.392 e. The van der Waals surface area contributed by atoms with Gasteiger partial charge in [-0.15, -0.1) is 0 Å². The van der Waals surface area contributed by atoms with Crippen LogP contribution in [0.3, 0.4) is 0 Å². The third-order valence-corrected chi connectivity index (χ3v) is 8.01. The molecule has 1 nitrogen and oxygen atoms in total. The fourth-order valence-electron chi connectivity index (χ4n) is 6.90. The molecule has 4 aliphatic carbocycles. The van der Waals surface area contributed by atoms with Crippen LogP contribution in [0.4, 0.5) is 0 Å². The lowest BCUT2D eigenvalue weighted by molar-refractivity contribution is 0.0100. The first kappa shape index (κ1) is 15.0. The quantitative estimate of drug-likeness (QED) is 0.751. The monoisotopic (exact) mass is 300 g/mol. The van der Waals surface area contributed by atoms with Crippen molar-refractivity contribution in [2.24, 2.45) is 35.0 Å². The van der Waals surface area contributed by atoms with Crippen LogP contribution in [0.1, 0.15) is 65.2 Å². The summed E-state index contributed by atoms with van der Waals surface area (Å²) in [7, 11) is 0. The van der Waals surface area contributed by atoms with Gasteiger partial charge in [-0.2, -0.15) is 0 Å². The van der Waals surface area contributed by atoms with Gasteiger partial charge in [0.15, 0.2) is 0 Å². The molecule has 4 aliphatic rings. The van der Waals surface area contributed by atoms with Crippen LogP contribution in [0, 0.1) is 35.0 Å². The van der Waals surface area contributed by atoms with Gasteiger partial charge in [0.1, 0.15) is 0 Å². The lowest BCUT2D eigenvalue weighted by Crippen LogP contribution is -2.45. The molecule has 6 atom stereocenters. The summed E-state index contributed by atoms with van der Waals surface area (Å²) in [6.07, 6.45) is 16.0. The van der Waals surface area contributed by atoms with Crippen molar-refractivity contribution in [1.82, 2.24) is 0 Å². The van der Waals surface area contributed by atoms with Crippen molar-refractivity contribution in [3.8, 4) is 0 Å². The summed E-state index contributed by atoms with van der Waals surface area (Å²) < 4.78 is 0. The molecule has 0 heterocycles. The summed E-state index contributed by atoms with van der Waals surface area (Å²) >= 11 is 0. The molecule has 0 aromatic carbocycles. The topological polar surface area (TPSA) is 20.2 Å². The summed E-state index contributed by atoms with van der Waals surface area (Å²) in [5.41, 5.74) is 3.39. The van der Waals surface area contributed by atoms with Crippen molar-refractivity contribution >= 4 is 0 Å². The minimum atomic E-state index is 0.256. The van der Waals surface area contributed by atoms with Gasteiger partial charge in [0, 0.05) is 0 Å². The van der Waals surface area contributed by atoms with Gasteiger partial charge in [-0.05, 0) is 91.1 Å². The number of aliphatic hydroxyl groups is 1. The molecule has 0 saturated heterocycles. The van der Waals surface area contributed by atoms with E-state index in [2.05, 4.69) is 26.0 Å². The average molecular weight is 300 g/mol. The first-order valence-electron chi connectivity index (χ1n) is 9.71. The Morgan fingerprint density at radius 1 is 1.23 bits per heavy atom. The number of hydrogen-bond donors (Lipinski definition) is 1. The second-order valence-corrected chi connectivity index (χ2v) is 8.62. The van der Waals surface area contributed by atoms with Crippen LogP contribution < -0.4 is 0 Å². The van der Waals surface area contributed by atoms with Gasteiger partial charge in [-0.3, -0.25) is 0 Å². The van der Waals surface area contributed by atoms with Crippen molar-refractivity contribution in [2.75, 3.05) is 6.61 Å². The van der Waals surface area contributed by atoms with Gasteiger partial charge in [-0.1, -0.05) is 32.4 Å². The Hall–Kier alpha value is -0.560. The van der Waals surface area contributed by atoms with E-state index >= 15 is 0 Å². The number of rotatable bonds is 2. The van der Waals surface area contributed by atoms with Crippen LogP contribution in [-0.4, -0.2) is 11.7 Å². The minimum absolute atomic E-state index is 0.256. The summed E-state index contributed by atoms with van der Waals surface area (Å²) in [4.78, 5) is 0. The van der Waals surface area contributed by atoms with Gasteiger partial charge in [0.2, 0.25) is 0 Å². The van der Waals surface area contributed by atoms with Gasteiger partial charge >= 0.3 is 0 Å². The molecule has 0 unspecified atom stereocenters. The highest BCUT2D eigenvalue weighted by atomic mass is 16.3. The maximum Gasteiger partial charge on any atom is 0.0681 e. The zero-order valence-corrected chi connectivity index (χ0v) is 14.4. The maximum absolute atomic E-state index is 9.91. The van der Waals surface area contributed by atoms with E-state index in [0.29, 0.717) is 5.41 Å². The number of hydrogen-bond acceptors (Lipinski definition) is 1. The molecular formula is C21H32O. The van der Waals surface area contributed by atoms with Crippen LogP contribution >= 0.6 is 0 Å². The Morgan fingerprint density at radius 3 is 2.86 bits per heavy atom. The Balaban J connectivity index is 1.72. The standard InChI is InChI=1S/C21H32O/c1-3-15-8-9-20-19-12-14(13-22)16-6-4-5-7-17(16)18(19)10-11-21(15,20)2/h6,12,15,17-20,22H,3-5,7-11,13H2,1-2H3/t15-,17-,18+,19+,20-,21+/m0/s1. The Bertz CT molecular complexity index is 502. The SMILES string of the molecule is CC[C@H]1CC[C@H]2[C@@H]3C=C(CO)C4=CCCC[C@@H]4[C@H]3CC[C@]12C. The fraction of sp³-hybridized carbons (Fsp3) is 0.810. The smallest absolute Gasteiger partial charge is 0.0681 e. The molecule has 122 valence electrons. The van der Waals surface area contributed by atoms with Crippen LogP contribution in [0.2, 0.25) is 0 Å². The zero-order chi connectivity index (χ0) is 15.3. The molecule has 4 rings (SSSR count). The molecule has 0 aliphatic heterocycles. The Kier molecular flexibility index (Phi) is 3.76. The first-order chi connectivity index (χ1) is 10.7. The molecule has 0 spiro atoms. The van der Waals surface area contributed by atoms with E-state index in [1.807, 2.05) is 0 Å². The fourth-order valence-corrected chi connectivity index (χ4v) is 6.90. The molecule has 0 radical (unpaired) electrons. The second kappa shape index (κ2) is 5.51. The second-order valence-electron chi connectivity index (χ2n) is 8.62. The maximum atomic E-state index is 9.91. The number of aliphatic hydroxyl groups excluding tert-OH is 1. The predicted octanol–water partition coefficient (Wildman–Crippen LogP) is 5.11. The molecule has 0 aromatic heterocycles. The molecule has 2 saturated carbocycles. The van der Waals surface area contributed by atoms with Gasteiger partial charge in [-0.25, -0.2) is 0 Å². The van der Waals surface area contributed by atoms with E-state index in [0.717, 1.165) is 29.6 Å². The van der Waals surface area contributed by atoms with Crippen molar-refractivity contribution in [3.05, 3.63) is 23.3 Å². The highest BCUT2D eigenvalue weighted by Gasteiger charge is 2.55. The lowest BCUT2D eigenvalue weighted by Gasteiger charge is -2.53. The van der Waals surface area contributed by atoms with Crippen LogP contribution in [-0.2, 0) is 0 Å². The van der Waals surface area contributed by atoms with E-state index in [1.54, 1.807) is 0 Å². The largest absolute Gasteiger partial charge is 0.392 e. The van der Waals surface area contributed by atoms with Gasteiger partial charge in [0.25, 0.3) is 0 Å². The number of fused-ring (bicyclic) bond motifs is 5. The van der Waals surface area contributed by atoms with Crippen molar-refractivity contribution in [1.29, 1.82) is 0 Å². The molecular weight excluding hydrogens is 268 g/mol. The number of allylic oxidation sites excluding steroid dienone is 2. The highest BCUT2D eigenvalue weighted by Crippen LogP contribution is 2.63. The van der Waals surface area contributed by atoms with Gasteiger partial charge in [0.05, 0.1) is 6.61 Å². The van der Waals surface area contributed by atoms with E-state index < -0.39 is 0 Å². The Morgan fingerprint density at radius 2 is 2.09 bits per heavy atom. The summed E-state index contributed by atoms with van der Waals surface area (Å²) in [6, 6.07) is 0. The van der Waals surface area contributed by atoms with Crippen molar-refractivity contribution in [3.63, 3.8) is 0 Å². The molecule has 1 heteroatoms. The van der Waals surface area contributed by atoms with Crippen LogP contribution in [0.25, 0.3) is 0 Å². The van der Waals surface area contributed by atoms with Gasteiger partial charge < -0.3 is 5.11 Å². The average Bonchev–Trinajstić information content (AvgIpc) is 2.90. The summed E-state index contributed by atoms with van der Waals surface area (Å²) in [5.74, 6) is 4.19. The van der Waals surface area contributed by atoms with Crippen LogP contribution in [0.15, 0.2) is 23.3 Å². The summed E-state index contributed by atoms with van der Waals surface area (Å²) in [5, 5.41) is 9.91. The van der Waals surface area contributed by atoms with E-state index in [1.165, 1.54) is 62.5 Å². The van der Waals surface area contributed by atoms with E-state index in [4.69, 9.17) is 0 Å². The van der Waals surface area contributed by atoms with Crippen molar-refractivity contribution in [2.45, 2.75) is 65.2 Å². The Labute approximate surface area is 135 Å². The normalized spacial score (nSPS) is 47.1. The van der Waals surface area contributed by atoms with E-state index in [9.17, 15) is 5.11 Å². The van der Waals surface area contributed by atoms with Crippen LogP contribution in [0.5, 0.6) is 0 Å². The molecule has 0 amide bonds. The third-order valence-electron chi connectivity index (χ3n) is 8.01. The predicted molar refractivity (Wildman–Crippen MR) is 91.4 cm³/mol. The zero-order valence-electron chi connectivity index (χ0n) is 14.4. The molecule has 0 bridgehead atoms. The molecule has 0 aromatic rings. The highest BCUT2D eigenvalue weighted by molar-refractivity contribution is 5.40. The molecule has 2 fully saturated rings. The first-order valence-corrected chi connectivity index (χ1v) is 9.71. The third kappa shape index (κ3) is 2.00. The van der Waals surface area contributed by atoms with Crippen molar-refractivity contribution < 1.29 is 5.11 Å². The summed E-state index contributed by atoms with van der Waals surface area (Å²) in [6.45, 7) is 5.24. The lowest BCUT2D eigenvalue weighted by atomic mass is 9.52. The van der Waals surface area contributed by atoms with E-state index in [-0.39, 0.29) is 6.61 Å².